The van der Waals surface area contributed by atoms with E-state index in [0.717, 1.165) is 23.9 Å². The Morgan fingerprint density at radius 2 is 1.93 bits per heavy atom. The number of aryl methyl sites for hydroxylation is 1. The van der Waals surface area contributed by atoms with Crippen LogP contribution < -0.4 is 16.2 Å². The molecule has 0 unspecified atom stereocenters. The minimum absolute atomic E-state index is 0.0780. The zero-order chi connectivity index (χ0) is 21.5. The van der Waals surface area contributed by atoms with Crippen molar-refractivity contribution in [2.45, 2.75) is 32.1 Å². The molecule has 0 radical (unpaired) electrons. The fraction of sp³-hybridized carbons (Fsp3) is 0.381. The molecule has 1 heterocycles. The second-order valence-electron chi connectivity index (χ2n) is 7.06. The first-order chi connectivity index (χ1) is 14.5. The molecule has 3 amide bonds. The molecule has 0 spiro atoms. The van der Waals surface area contributed by atoms with Crippen LogP contribution in [0, 0.1) is 0 Å². The summed E-state index contributed by atoms with van der Waals surface area (Å²) >= 11 is 0. The summed E-state index contributed by atoms with van der Waals surface area (Å²) in [6.45, 7) is -0.213. The number of esters is 1. The number of allylic oxidation sites excluding steroid dienone is 1. The average Bonchev–Trinajstić information content (AvgIpc) is 2.75. The molecule has 2 N–H and O–H groups in total. The third-order valence-electron chi connectivity index (χ3n) is 4.85. The van der Waals surface area contributed by atoms with Crippen molar-refractivity contribution in [1.82, 2.24) is 20.4 Å². The van der Waals surface area contributed by atoms with Crippen LogP contribution in [0.4, 0.5) is 4.79 Å². The van der Waals surface area contributed by atoms with Gasteiger partial charge in [0.15, 0.2) is 12.3 Å². The Labute approximate surface area is 173 Å². The van der Waals surface area contributed by atoms with Crippen LogP contribution in [0.15, 0.2) is 40.7 Å². The number of benzene rings is 1. The van der Waals surface area contributed by atoms with Gasteiger partial charge in [0, 0.05) is 19.0 Å². The highest BCUT2D eigenvalue weighted by Gasteiger charge is 2.18. The van der Waals surface area contributed by atoms with Crippen molar-refractivity contribution >= 4 is 28.7 Å². The molecule has 1 aromatic heterocycles. The second-order valence-corrected chi connectivity index (χ2v) is 7.06. The molecule has 30 heavy (non-hydrogen) atoms. The molecule has 9 heteroatoms. The first-order valence-electron chi connectivity index (χ1n) is 9.84. The molecular weight excluding hydrogens is 388 g/mol. The quantitative estimate of drug-likeness (QED) is 0.552. The Hall–Kier alpha value is -3.49. The van der Waals surface area contributed by atoms with Gasteiger partial charge in [0.25, 0.3) is 11.5 Å². The first-order valence-corrected chi connectivity index (χ1v) is 9.84. The lowest BCUT2D eigenvalue weighted by molar-refractivity contribution is -0.123. The summed E-state index contributed by atoms with van der Waals surface area (Å²) in [5, 5.41) is 9.33. The van der Waals surface area contributed by atoms with E-state index < -0.39 is 24.5 Å². The van der Waals surface area contributed by atoms with Crippen LogP contribution >= 0.6 is 0 Å². The smallest absolute Gasteiger partial charge is 0.359 e. The van der Waals surface area contributed by atoms with Crippen LogP contribution in [-0.2, 0) is 16.6 Å². The number of aromatic nitrogens is 2. The lowest BCUT2D eigenvalue weighted by atomic mass is 9.97. The Kier molecular flexibility index (Phi) is 6.95. The van der Waals surface area contributed by atoms with Gasteiger partial charge in [0.1, 0.15) is 0 Å². The van der Waals surface area contributed by atoms with Gasteiger partial charge in [-0.05, 0) is 38.2 Å². The van der Waals surface area contributed by atoms with E-state index in [4.69, 9.17) is 4.74 Å². The Morgan fingerprint density at radius 3 is 2.67 bits per heavy atom. The van der Waals surface area contributed by atoms with Gasteiger partial charge in [-0.1, -0.05) is 29.8 Å². The molecule has 1 aliphatic rings. The fourth-order valence-electron chi connectivity index (χ4n) is 3.33. The van der Waals surface area contributed by atoms with E-state index in [1.807, 2.05) is 0 Å². The number of hydrogen-bond donors (Lipinski definition) is 2. The second kappa shape index (κ2) is 9.82. The van der Waals surface area contributed by atoms with Gasteiger partial charge in [0.05, 0.1) is 5.39 Å². The fourth-order valence-corrected chi connectivity index (χ4v) is 3.33. The topological polar surface area (TPSA) is 119 Å². The van der Waals surface area contributed by atoms with E-state index in [9.17, 15) is 19.2 Å². The predicted octanol–water partition coefficient (Wildman–Crippen LogP) is 1.81. The van der Waals surface area contributed by atoms with Crippen molar-refractivity contribution in [3.05, 3.63) is 52.0 Å². The Balaban J connectivity index is 1.50. The van der Waals surface area contributed by atoms with E-state index in [1.165, 1.54) is 25.5 Å². The molecule has 0 atom stereocenters. The molecule has 3 rings (SSSR count). The van der Waals surface area contributed by atoms with E-state index in [1.54, 1.807) is 24.3 Å². The minimum atomic E-state index is -0.860. The standard InChI is InChI=1S/C21H24N4O5/c1-25-19(27)16-10-6-5-9-15(16)18(24-25)20(28)30-13-17(26)23-21(29)22-12-11-14-7-3-2-4-8-14/h5-7,9-10H,2-4,8,11-13H2,1H3,(H2,22,23,26,29). The third kappa shape index (κ3) is 5.31. The summed E-state index contributed by atoms with van der Waals surface area (Å²) in [5.41, 5.74) is 0.894. The first kappa shape index (κ1) is 21.2. The monoisotopic (exact) mass is 412 g/mol. The zero-order valence-electron chi connectivity index (χ0n) is 16.8. The van der Waals surface area contributed by atoms with Gasteiger partial charge >= 0.3 is 12.0 Å². The van der Waals surface area contributed by atoms with E-state index >= 15 is 0 Å². The van der Waals surface area contributed by atoms with Crippen molar-refractivity contribution in [3.8, 4) is 0 Å². The molecular formula is C21H24N4O5. The van der Waals surface area contributed by atoms with Crippen LogP contribution in [-0.4, -0.2) is 40.8 Å². The number of nitrogens with one attached hydrogen (secondary N) is 2. The largest absolute Gasteiger partial charge is 0.451 e. The van der Waals surface area contributed by atoms with Crippen molar-refractivity contribution in [2.24, 2.45) is 7.05 Å². The molecule has 2 aromatic rings. The van der Waals surface area contributed by atoms with Crippen LogP contribution in [0.2, 0.25) is 0 Å². The highest BCUT2D eigenvalue weighted by Crippen LogP contribution is 2.19. The summed E-state index contributed by atoms with van der Waals surface area (Å²) in [6, 6.07) is 5.86. The Bertz CT molecular complexity index is 1060. The summed E-state index contributed by atoms with van der Waals surface area (Å²) in [5.74, 6) is -1.62. The average molecular weight is 412 g/mol. The van der Waals surface area contributed by atoms with E-state index in [0.29, 0.717) is 17.3 Å². The predicted molar refractivity (Wildman–Crippen MR) is 110 cm³/mol. The summed E-state index contributed by atoms with van der Waals surface area (Å²) in [4.78, 5) is 48.2. The van der Waals surface area contributed by atoms with Gasteiger partial charge in [-0.25, -0.2) is 14.3 Å². The van der Waals surface area contributed by atoms with Crippen molar-refractivity contribution < 1.29 is 19.1 Å². The molecule has 0 saturated heterocycles. The van der Waals surface area contributed by atoms with Crippen molar-refractivity contribution in [2.75, 3.05) is 13.2 Å². The van der Waals surface area contributed by atoms with Crippen molar-refractivity contribution in [1.29, 1.82) is 0 Å². The number of amides is 3. The number of carbonyl (C=O) groups is 3. The van der Waals surface area contributed by atoms with E-state index in [2.05, 4.69) is 21.8 Å². The maximum atomic E-state index is 12.4. The number of hydrogen-bond acceptors (Lipinski definition) is 6. The molecule has 158 valence electrons. The van der Waals surface area contributed by atoms with Gasteiger partial charge in [-0.15, -0.1) is 0 Å². The van der Waals surface area contributed by atoms with Crippen molar-refractivity contribution in [3.63, 3.8) is 0 Å². The van der Waals surface area contributed by atoms with Gasteiger partial charge in [-0.3, -0.25) is 14.9 Å². The molecule has 0 fully saturated rings. The maximum Gasteiger partial charge on any atom is 0.359 e. The van der Waals surface area contributed by atoms with Crippen LogP contribution in [0.1, 0.15) is 42.6 Å². The van der Waals surface area contributed by atoms with E-state index in [-0.39, 0.29) is 11.3 Å². The van der Waals surface area contributed by atoms with Crippen LogP contribution in [0.3, 0.4) is 0 Å². The number of urea groups is 1. The normalized spacial score (nSPS) is 13.4. The number of ether oxygens (including phenoxy) is 1. The third-order valence-corrected chi connectivity index (χ3v) is 4.85. The molecule has 0 saturated carbocycles. The van der Waals surface area contributed by atoms with Gasteiger partial charge in [-0.2, -0.15) is 5.10 Å². The van der Waals surface area contributed by atoms with Gasteiger partial charge in [0.2, 0.25) is 0 Å². The number of carbonyl (C=O) groups excluding carboxylic acids is 3. The molecule has 1 aliphatic carbocycles. The molecule has 9 nitrogen and oxygen atoms in total. The molecule has 0 aliphatic heterocycles. The Morgan fingerprint density at radius 1 is 1.17 bits per heavy atom. The zero-order valence-corrected chi connectivity index (χ0v) is 16.8. The minimum Gasteiger partial charge on any atom is -0.451 e. The highest BCUT2D eigenvalue weighted by atomic mass is 16.5. The lowest BCUT2D eigenvalue weighted by Gasteiger charge is -2.13. The maximum absolute atomic E-state index is 12.4. The van der Waals surface area contributed by atoms with Crippen LogP contribution in [0.25, 0.3) is 10.8 Å². The number of nitrogens with zero attached hydrogens (tertiary/aromatic N) is 2. The SMILES string of the molecule is Cn1nc(C(=O)OCC(=O)NC(=O)NCCC2=CCCCC2)c2ccccc2c1=O. The molecule has 0 bridgehead atoms. The molecule has 1 aromatic carbocycles. The van der Waals surface area contributed by atoms with Crippen LogP contribution in [0.5, 0.6) is 0 Å². The highest BCUT2D eigenvalue weighted by molar-refractivity contribution is 6.03. The number of rotatable bonds is 6. The summed E-state index contributed by atoms with van der Waals surface area (Å²) < 4.78 is 6.01. The lowest BCUT2D eigenvalue weighted by Crippen LogP contribution is -2.41. The van der Waals surface area contributed by atoms with Gasteiger partial charge < -0.3 is 10.1 Å². The summed E-state index contributed by atoms with van der Waals surface area (Å²) in [6.07, 6.45) is 7.45. The number of fused-ring (bicyclic) bond motifs is 1. The summed E-state index contributed by atoms with van der Waals surface area (Å²) in [7, 11) is 1.42. The number of imide groups is 1.